The number of anilines is 1. The lowest BCUT2D eigenvalue weighted by Crippen LogP contribution is -1.85. The van der Waals surface area contributed by atoms with Crippen LogP contribution in [0.5, 0.6) is 0 Å². The maximum atomic E-state index is 5.88. The molecule has 3 heteroatoms. The van der Waals surface area contributed by atoms with Crippen LogP contribution in [0.25, 0.3) is 6.08 Å². The summed E-state index contributed by atoms with van der Waals surface area (Å²) in [6, 6.07) is 5.34. The van der Waals surface area contributed by atoms with Crippen molar-refractivity contribution >= 4 is 35.0 Å². The van der Waals surface area contributed by atoms with Gasteiger partial charge in [0.2, 0.25) is 0 Å². The molecular formula is C9H9Cl2N. The highest BCUT2D eigenvalue weighted by atomic mass is 35.5. The molecule has 0 saturated carbocycles. The zero-order valence-electron chi connectivity index (χ0n) is 6.43. The first-order chi connectivity index (χ1) is 5.74. The van der Waals surface area contributed by atoms with Crippen LogP contribution < -0.4 is 5.73 Å². The monoisotopic (exact) mass is 201 g/mol. The lowest BCUT2D eigenvalue weighted by molar-refractivity contribution is 1.63. The fraction of sp³-hybridized carbons (Fsp3) is 0.111. The standard InChI is InChI=1S/C9H9Cl2N/c10-5-1-2-7-6-8(12)3-4-9(7)11/h1-4,6H,5,12H2. The van der Waals surface area contributed by atoms with E-state index in [-0.39, 0.29) is 0 Å². The summed E-state index contributed by atoms with van der Waals surface area (Å²) in [7, 11) is 0. The molecule has 0 aliphatic rings. The number of allylic oxidation sites excluding steroid dienone is 1. The minimum Gasteiger partial charge on any atom is -0.399 e. The van der Waals surface area contributed by atoms with Gasteiger partial charge in [-0.05, 0) is 23.8 Å². The predicted molar refractivity (Wildman–Crippen MR) is 55.6 cm³/mol. The highest BCUT2D eigenvalue weighted by Gasteiger charge is 1.95. The molecule has 64 valence electrons. The van der Waals surface area contributed by atoms with Crippen molar-refractivity contribution in [3.05, 3.63) is 34.9 Å². The van der Waals surface area contributed by atoms with Crippen LogP contribution in [0.4, 0.5) is 5.69 Å². The number of nitrogens with two attached hydrogens (primary N) is 1. The van der Waals surface area contributed by atoms with E-state index in [0.29, 0.717) is 16.6 Å². The molecule has 12 heavy (non-hydrogen) atoms. The Morgan fingerprint density at radius 1 is 1.42 bits per heavy atom. The second-order valence-corrected chi connectivity index (χ2v) is 3.05. The average molecular weight is 202 g/mol. The van der Waals surface area contributed by atoms with Gasteiger partial charge in [0.05, 0.1) is 0 Å². The van der Waals surface area contributed by atoms with E-state index >= 15 is 0 Å². The average Bonchev–Trinajstić information content (AvgIpc) is 2.07. The third kappa shape index (κ3) is 2.43. The summed E-state index contributed by atoms with van der Waals surface area (Å²) in [5, 5.41) is 0.686. The predicted octanol–water partition coefficient (Wildman–Crippen LogP) is 3.17. The molecule has 0 spiro atoms. The van der Waals surface area contributed by atoms with Gasteiger partial charge in [-0.1, -0.05) is 23.8 Å². The summed E-state index contributed by atoms with van der Waals surface area (Å²) in [6.45, 7) is 0. The maximum Gasteiger partial charge on any atom is 0.0479 e. The topological polar surface area (TPSA) is 26.0 Å². The summed E-state index contributed by atoms with van der Waals surface area (Å²) in [4.78, 5) is 0. The number of nitrogen functional groups attached to an aromatic ring is 1. The van der Waals surface area contributed by atoms with Gasteiger partial charge < -0.3 is 5.73 Å². The van der Waals surface area contributed by atoms with Gasteiger partial charge in [-0.3, -0.25) is 0 Å². The van der Waals surface area contributed by atoms with Gasteiger partial charge in [-0.2, -0.15) is 0 Å². The molecular weight excluding hydrogens is 193 g/mol. The molecule has 0 heterocycles. The molecule has 1 aromatic carbocycles. The van der Waals surface area contributed by atoms with Crippen molar-refractivity contribution in [2.75, 3.05) is 11.6 Å². The molecule has 0 bridgehead atoms. The van der Waals surface area contributed by atoms with E-state index in [2.05, 4.69) is 0 Å². The Morgan fingerprint density at radius 2 is 2.17 bits per heavy atom. The first-order valence-electron chi connectivity index (χ1n) is 3.51. The van der Waals surface area contributed by atoms with E-state index in [1.807, 2.05) is 18.2 Å². The second-order valence-electron chi connectivity index (χ2n) is 2.34. The van der Waals surface area contributed by atoms with Crippen molar-refractivity contribution in [3.8, 4) is 0 Å². The molecule has 0 aliphatic carbocycles. The summed E-state index contributed by atoms with van der Waals surface area (Å²) < 4.78 is 0. The lowest BCUT2D eigenvalue weighted by atomic mass is 10.2. The Morgan fingerprint density at radius 3 is 2.83 bits per heavy atom. The van der Waals surface area contributed by atoms with E-state index in [9.17, 15) is 0 Å². The van der Waals surface area contributed by atoms with Crippen LogP contribution in [0.1, 0.15) is 5.56 Å². The molecule has 1 nitrogen and oxygen atoms in total. The normalized spacial score (nSPS) is 10.8. The molecule has 0 radical (unpaired) electrons. The molecule has 1 rings (SSSR count). The van der Waals surface area contributed by atoms with Gasteiger partial charge in [0, 0.05) is 16.6 Å². The highest BCUT2D eigenvalue weighted by Crippen LogP contribution is 2.19. The van der Waals surface area contributed by atoms with Crippen LogP contribution in [0, 0.1) is 0 Å². The van der Waals surface area contributed by atoms with Gasteiger partial charge in [0.1, 0.15) is 0 Å². The Labute approximate surface area is 81.8 Å². The van der Waals surface area contributed by atoms with Crippen LogP contribution in [0.2, 0.25) is 5.02 Å². The summed E-state index contributed by atoms with van der Waals surface area (Å²) in [6.07, 6.45) is 3.67. The fourth-order valence-electron chi connectivity index (χ4n) is 0.861. The molecule has 0 saturated heterocycles. The van der Waals surface area contributed by atoms with Crippen molar-refractivity contribution in [1.82, 2.24) is 0 Å². The van der Waals surface area contributed by atoms with Crippen molar-refractivity contribution < 1.29 is 0 Å². The van der Waals surface area contributed by atoms with E-state index < -0.39 is 0 Å². The van der Waals surface area contributed by atoms with Crippen molar-refractivity contribution in [3.63, 3.8) is 0 Å². The Bertz CT molecular complexity index is 295. The zero-order valence-corrected chi connectivity index (χ0v) is 7.94. The molecule has 0 amide bonds. The largest absolute Gasteiger partial charge is 0.399 e. The quantitative estimate of drug-likeness (QED) is 0.578. The third-order valence-corrected chi connectivity index (χ3v) is 1.93. The number of hydrogen-bond acceptors (Lipinski definition) is 1. The van der Waals surface area contributed by atoms with Gasteiger partial charge in [-0.15, -0.1) is 11.6 Å². The van der Waals surface area contributed by atoms with Crippen LogP contribution in [0.3, 0.4) is 0 Å². The fourth-order valence-corrected chi connectivity index (χ4v) is 1.13. The number of alkyl halides is 1. The van der Waals surface area contributed by atoms with Gasteiger partial charge in [0.25, 0.3) is 0 Å². The summed E-state index contributed by atoms with van der Waals surface area (Å²) in [5.41, 5.74) is 7.18. The number of benzene rings is 1. The molecule has 0 atom stereocenters. The zero-order chi connectivity index (χ0) is 8.97. The van der Waals surface area contributed by atoms with Gasteiger partial charge >= 0.3 is 0 Å². The third-order valence-electron chi connectivity index (χ3n) is 1.41. The summed E-state index contributed by atoms with van der Waals surface area (Å²) in [5.74, 6) is 0.477. The van der Waals surface area contributed by atoms with Crippen molar-refractivity contribution in [2.45, 2.75) is 0 Å². The number of halogens is 2. The minimum absolute atomic E-state index is 0.477. The molecule has 0 aliphatic heterocycles. The highest BCUT2D eigenvalue weighted by molar-refractivity contribution is 6.32. The molecule has 2 N–H and O–H groups in total. The lowest BCUT2D eigenvalue weighted by Gasteiger charge is -1.98. The smallest absolute Gasteiger partial charge is 0.0479 e. The molecule has 1 aromatic rings. The second kappa shape index (κ2) is 4.39. The SMILES string of the molecule is Nc1ccc(Cl)c(C=CCCl)c1. The van der Waals surface area contributed by atoms with Crippen molar-refractivity contribution in [1.29, 1.82) is 0 Å². The van der Waals surface area contributed by atoms with E-state index in [0.717, 1.165) is 5.56 Å². The van der Waals surface area contributed by atoms with E-state index in [4.69, 9.17) is 28.9 Å². The number of hydrogen-bond donors (Lipinski definition) is 1. The molecule has 0 unspecified atom stereocenters. The van der Waals surface area contributed by atoms with Crippen LogP contribution >= 0.6 is 23.2 Å². The van der Waals surface area contributed by atoms with E-state index in [1.165, 1.54) is 0 Å². The summed E-state index contributed by atoms with van der Waals surface area (Å²) >= 11 is 11.4. The van der Waals surface area contributed by atoms with Crippen LogP contribution in [-0.4, -0.2) is 5.88 Å². The Hall–Kier alpha value is -0.660. The van der Waals surface area contributed by atoms with Gasteiger partial charge in [-0.25, -0.2) is 0 Å². The minimum atomic E-state index is 0.477. The first-order valence-corrected chi connectivity index (χ1v) is 4.43. The van der Waals surface area contributed by atoms with Crippen LogP contribution in [0.15, 0.2) is 24.3 Å². The number of rotatable bonds is 2. The first kappa shape index (κ1) is 9.43. The van der Waals surface area contributed by atoms with Gasteiger partial charge in [0.15, 0.2) is 0 Å². The van der Waals surface area contributed by atoms with Crippen LogP contribution in [-0.2, 0) is 0 Å². The molecule has 0 aromatic heterocycles. The molecule has 0 fully saturated rings. The maximum absolute atomic E-state index is 5.88. The Kier molecular flexibility index (Phi) is 3.45. The van der Waals surface area contributed by atoms with E-state index in [1.54, 1.807) is 12.1 Å². The van der Waals surface area contributed by atoms with Crippen molar-refractivity contribution in [2.24, 2.45) is 0 Å². The Balaban J connectivity index is 2.97.